The second-order valence-electron chi connectivity index (χ2n) is 9.65. The molecule has 5 rings (SSSR count). The topological polar surface area (TPSA) is 134 Å². The van der Waals surface area contributed by atoms with E-state index in [1.165, 1.54) is 0 Å². The minimum absolute atomic E-state index is 0.135. The molecule has 0 radical (unpaired) electrons. The highest BCUT2D eigenvalue weighted by Crippen LogP contribution is 2.39. The molecule has 0 bridgehead atoms. The average molecular weight is 545 g/mol. The van der Waals surface area contributed by atoms with E-state index in [9.17, 15) is 14.9 Å². The van der Waals surface area contributed by atoms with Gasteiger partial charge in [-0.3, -0.25) is 24.7 Å². The minimum Gasteiger partial charge on any atom is -0.497 e. The van der Waals surface area contributed by atoms with Crippen LogP contribution in [-0.4, -0.2) is 39.5 Å². The molecule has 0 spiro atoms. The van der Waals surface area contributed by atoms with Crippen molar-refractivity contribution in [1.29, 1.82) is 5.26 Å². The summed E-state index contributed by atoms with van der Waals surface area (Å²) >= 11 is 0. The average Bonchev–Trinajstić information content (AvgIpc) is 3.43. The molecule has 0 saturated carbocycles. The van der Waals surface area contributed by atoms with E-state index >= 15 is 0 Å². The molecule has 1 unspecified atom stereocenters. The van der Waals surface area contributed by atoms with Crippen LogP contribution in [0.25, 0.3) is 22.0 Å². The molecule has 0 aliphatic carbocycles. The van der Waals surface area contributed by atoms with Crippen LogP contribution >= 0.6 is 0 Å². The number of nitrogens with zero attached hydrogens (tertiary/aromatic N) is 4. The van der Waals surface area contributed by atoms with Gasteiger partial charge in [0.05, 0.1) is 54.1 Å². The van der Waals surface area contributed by atoms with E-state index in [0.717, 1.165) is 34.2 Å². The smallest absolute Gasteiger partial charge is 0.251 e. The SMILES string of the molecule is CCC(c1ccc(C(=O)NCc2cnc(C)cn2)cc1-c1ccc(OC)cc1C=O)c1[nH]nc2cc(C#N)ccc12. The number of ether oxygens (including phenoxy) is 1. The first-order chi connectivity index (χ1) is 19.9. The molecule has 3 aromatic carbocycles. The van der Waals surface area contributed by atoms with Crippen molar-refractivity contribution < 1.29 is 14.3 Å². The lowest BCUT2D eigenvalue weighted by atomic mass is 9.83. The first-order valence-corrected chi connectivity index (χ1v) is 13.2. The van der Waals surface area contributed by atoms with Crippen LogP contribution in [0.1, 0.15) is 68.2 Å². The number of aromatic amines is 1. The van der Waals surface area contributed by atoms with Crippen LogP contribution in [0.2, 0.25) is 0 Å². The molecule has 5 aromatic rings. The van der Waals surface area contributed by atoms with E-state index in [-0.39, 0.29) is 18.4 Å². The largest absolute Gasteiger partial charge is 0.497 e. The number of aromatic nitrogens is 4. The molecule has 204 valence electrons. The van der Waals surface area contributed by atoms with Crippen LogP contribution in [0.15, 0.2) is 67.0 Å². The zero-order valence-corrected chi connectivity index (χ0v) is 22.9. The van der Waals surface area contributed by atoms with Gasteiger partial charge in [-0.1, -0.05) is 13.0 Å². The molecule has 0 aliphatic rings. The van der Waals surface area contributed by atoms with Crippen molar-refractivity contribution >= 4 is 23.1 Å². The minimum atomic E-state index is -0.273. The number of aldehydes is 1. The maximum absolute atomic E-state index is 13.2. The summed E-state index contributed by atoms with van der Waals surface area (Å²) in [6, 6.07) is 18.4. The number of nitriles is 1. The Balaban J connectivity index is 1.60. The van der Waals surface area contributed by atoms with Gasteiger partial charge in [0.25, 0.3) is 5.91 Å². The van der Waals surface area contributed by atoms with Gasteiger partial charge in [-0.25, -0.2) is 0 Å². The fraction of sp³-hybridized carbons (Fsp3) is 0.188. The van der Waals surface area contributed by atoms with Gasteiger partial charge >= 0.3 is 0 Å². The predicted octanol–water partition coefficient (Wildman–Crippen LogP) is 5.49. The van der Waals surface area contributed by atoms with Crippen LogP contribution < -0.4 is 10.1 Å². The summed E-state index contributed by atoms with van der Waals surface area (Å²) in [5, 5.41) is 20.8. The Morgan fingerprint density at radius 2 is 1.95 bits per heavy atom. The van der Waals surface area contributed by atoms with E-state index < -0.39 is 0 Å². The van der Waals surface area contributed by atoms with Crippen molar-refractivity contribution in [2.24, 2.45) is 0 Å². The number of carbonyl (C=O) groups excluding carboxylic acids is 2. The number of aryl methyl sites for hydroxylation is 1. The Kier molecular flexibility index (Phi) is 7.83. The van der Waals surface area contributed by atoms with E-state index in [2.05, 4.69) is 38.5 Å². The Bertz CT molecular complexity index is 1790. The van der Waals surface area contributed by atoms with Crippen LogP contribution in [0, 0.1) is 18.3 Å². The van der Waals surface area contributed by atoms with Crippen LogP contribution in [0.3, 0.4) is 0 Å². The van der Waals surface area contributed by atoms with Crippen LogP contribution in [0.4, 0.5) is 0 Å². The second-order valence-corrected chi connectivity index (χ2v) is 9.65. The lowest BCUT2D eigenvalue weighted by Crippen LogP contribution is -2.23. The number of hydrogen-bond acceptors (Lipinski definition) is 7. The summed E-state index contributed by atoms with van der Waals surface area (Å²) < 4.78 is 5.35. The molecule has 9 nitrogen and oxygen atoms in total. The van der Waals surface area contributed by atoms with Crippen LogP contribution in [-0.2, 0) is 6.54 Å². The maximum atomic E-state index is 13.2. The molecular formula is C32H28N6O3. The molecule has 2 aromatic heterocycles. The zero-order valence-electron chi connectivity index (χ0n) is 22.9. The van der Waals surface area contributed by atoms with Gasteiger partial charge in [0.1, 0.15) is 5.75 Å². The predicted molar refractivity (Wildman–Crippen MR) is 155 cm³/mol. The monoisotopic (exact) mass is 544 g/mol. The fourth-order valence-corrected chi connectivity index (χ4v) is 4.98. The number of hydrogen-bond donors (Lipinski definition) is 2. The van der Waals surface area contributed by atoms with Gasteiger partial charge in [-0.2, -0.15) is 10.4 Å². The van der Waals surface area contributed by atoms with E-state index in [0.29, 0.717) is 45.6 Å². The summed E-state index contributed by atoms with van der Waals surface area (Å²) in [5.41, 5.74) is 6.83. The summed E-state index contributed by atoms with van der Waals surface area (Å²) in [4.78, 5) is 34.0. The highest BCUT2D eigenvalue weighted by Gasteiger charge is 2.24. The Labute approximate surface area is 237 Å². The highest BCUT2D eigenvalue weighted by molar-refractivity contribution is 5.97. The summed E-state index contributed by atoms with van der Waals surface area (Å²) in [5.74, 6) is 0.153. The lowest BCUT2D eigenvalue weighted by Gasteiger charge is -2.21. The van der Waals surface area contributed by atoms with Gasteiger partial charge in [0.2, 0.25) is 0 Å². The first kappa shape index (κ1) is 27.2. The van der Waals surface area contributed by atoms with Crippen molar-refractivity contribution in [2.45, 2.75) is 32.7 Å². The van der Waals surface area contributed by atoms with Crippen molar-refractivity contribution in [3.05, 3.63) is 106 Å². The van der Waals surface area contributed by atoms with Gasteiger partial charge < -0.3 is 10.1 Å². The third kappa shape index (κ3) is 5.54. The second kappa shape index (κ2) is 11.8. The maximum Gasteiger partial charge on any atom is 0.251 e. The molecule has 1 atom stereocenters. The van der Waals surface area contributed by atoms with Crippen molar-refractivity contribution in [3.8, 4) is 22.9 Å². The molecule has 1 amide bonds. The molecule has 2 heterocycles. The number of H-pyrrole nitrogens is 1. The molecule has 0 saturated heterocycles. The summed E-state index contributed by atoms with van der Waals surface area (Å²) in [6.07, 6.45) is 4.80. The number of benzene rings is 3. The van der Waals surface area contributed by atoms with Crippen molar-refractivity contribution in [2.75, 3.05) is 7.11 Å². The van der Waals surface area contributed by atoms with Gasteiger partial charge in [-0.05, 0) is 78.6 Å². The third-order valence-electron chi connectivity index (χ3n) is 7.10. The van der Waals surface area contributed by atoms with Gasteiger partial charge in [0.15, 0.2) is 6.29 Å². The number of nitrogens with one attached hydrogen (secondary N) is 2. The number of methoxy groups -OCH3 is 1. The normalized spacial score (nSPS) is 11.6. The number of amides is 1. The quantitative estimate of drug-likeness (QED) is 0.234. The zero-order chi connectivity index (χ0) is 28.9. The summed E-state index contributed by atoms with van der Waals surface area (Å²) in [6.45, 7) is 4.15. The molecule has 41 heavy (non-hydrogen) atoms. The van der Waals surface area contributed by atoms with Gasteiger partial charge in [0, 0.05) is 28.6 Å². The third-order valence-corrected chi connectivity index (χ3v) is 7.10. The van der Waals surface area contributed by atoms with Crippen molar-refractivity contribution in [1.82, 2.24) is 25.5 Å². The summed E-state index contributed by atoms with van der Waals surface area (Å²) in [7, 11) is 1.55. The van der Waals surface area contributed by atoms with Crippen molar-refractivity contribution in [3.63, 3.8) is 0 Å². The molecule has 0 fully saturated rings. The first-order valence-electron chi connectivity index (χ1n) is 13.2. The Morgan fingerprint density at radius 1 is 1.10 bits per heavy atom. The molecule has 0 aliphatic heterocycles. The van der Waals surface area contributed by atoms with Crippen LogP contribution in [0.5, 0.6) is 5.75 Å². The van der Waals surface area contributed by atoms with Gasteiger partial charge in [-0.15, -0.1) is 0 Å². The standard InChI is InChI=1S/C32H28N6O3/c1-4-25(31-28-8-5-20(14-33)11-30(28)37-38-31)27-9-6-21(32(40)36-17-23-16-34-19(2)15-35-23)13-29(27)26-10-7-24(41-3)12-22(26)18-39/h5-13,15-16,18,25H,4,17H2,1-3H3,(H,36,40)(H,37,38). The Morgan fingerprint density at radius 3 is 2.66 bits per heavy atom. The van der Waals surface area contributed by atoms with E-state index in [1.54, 1.807) is 49.8 Å². The molecule has 9 heteroatoms. The number of carbonyl (C=O) groups is 2. The molecule has 2 N–H and O–H groups in total. The number of rotatable bonds is 9. The Hall–Kier alpha value is -5.36. The number of fused-ring (bicyclic) bond motifs is 1. The highest BCUT2D eigenvalue weighted by atomic mass is 16.5. The fourth-order valence-electron chi connectivity index (χ4n) is 4.98. The van der Waals surface area contributed by atoms with E-state index in [1.807, 2.05) is 31.2 Å². The molecular weight excluding hydrogens is 516 g/mol. The lowest BCUT2D eigenvalue weighted by molar-refractivity contribution is 0.0950. The van der Waals surface area contributed by atoms with E-state index in [4.69, 9.17) is 4.74 Å².